The maximum absolute atomic E-state index is 11.3. The maximum atomic E-state index is 11.3. The summed E-state index contributed by atoms with van der Waals surface area (Å²) >= 11 is 0. The van der Waals surface area contributed by atoms with Crippen molar-refractivity contribution in [2.75, 3.05) is 6.61 Å². The zero-order valence-corrected chi connectivity index (χ0v) is 10.3. The lowest BCUT2D eigenvalue weighted by Crippen LogP contribution is -2.18. The molecule has 0 bridgehead atoms. The molecule has 0 fully saturated rings. The molecule has 0 aromatic carbocycles. The molecule has 0 saturated carbocycles. The van der Waals surface area contributed by atoms with Gasteiger partial charge in [-0.3, -0.25) is 9.05 Å². The lowest BCUT2D eigenvalue weighted by Gasteiger charge is -2.22. The van der Waals surface area contributed by atoms with Gasteiger partial charge in [-0.25, -0.2) is 4.57 Å². The van der Waals surface area contributed by atoms with E-state index in [1.54, 1.807) is 20.8 Å². The first kappa shape index (κ1) is 14.1. The summed E-state index contributed by atoms with van der Waals surface area (Å²) in [6.07, 6.45) is 2.84. The van der Waals surface area contributed by atoms with Crippen molar-refractivity contribution >= 4 is 7.82 Å². The summed E-state index contributed by atoms with van der Waals surface area (Å²) in [4.78, 5) is 9.26. The van der Waals surface area contributed by atoms with E-state index in [0.717, 1.165) is 19.3 Å². The average molecular weight is 224 g/mol. The van der Waals surface area contributed by atoms with Gasteiger partial charge >= 0.3 is 7.82 Å². The summed E-state index contributed by atoms with van der Waals surface area (Å²) in [6.45, 7) is 7.48. The highest BCUT2D eigenvalue weighted by Gasteiger charge is 2.28. The van der Waals surface area contributed by atoms with Crippen LogP contribution >= 0.6 is 7.82 Å². The van der Waals surface area contributed by atoms with Crippen LogP contribution in [0.3, 0.4) is 0 Å². The largest absolute Gasteiger partial charge is 0.472 e. The number of unbranched alkanes of at least 4 members (excludes halogenated alkanes) is 2. The third-order valence-corrected chi connectivity index (χ3v) is 2.68. The molecule has 0 aromatic heterocycles. The van der Waals surface area contributed by atoms with Gasteiger partial charge in [0.05, 0.1) is 12.2 Å². The molecule has 1 N–H and O–H groups in total. The number of phosphoric ester groups is 1. The topological polar surface area (TPSA) is 55.8 Å². The summed E-state index contributed by atoms with van der Waals surface area (Å²) in [5.41, 5.74) is -0.658. The molecule has 0 heterocycles. The van der Waals surface area contributed by atoms with E-state index in [2.05, 4.69) is 6.92 Å². The van der Waals surface area contributed by atoms with Crippen molar-refractivity contribution in [1.82, 2.24) is 0 Å². The van der Waals surface area contributed by atoms with Crippen molar-refractivity contribution in [3.8, 4) is 0 Å². The van der Waals surface area contributed by atoms with E-state index in [4.69, 9.17) is 9.05 Å². The summed E-state index contributed by atoms with van der Waals surface area (Å²) in [5.74, 6) is 0. The minimum absolute atomic E-state index is 0.275. The highest BCUT2D eigenvalue weighted by Crippen LogP contribution is 2.47. The van der Waals surface area contributed by atoms with Gasteiger partial charge in [-0.15, -0.1) is 0 Å². The highest BCUT2D eigenvalue weighted by molar-refractivity contribution is 7.47. The van der Waals surface area contributed by atoms with E-state index in [0.29, 0.717) is 0 Å². The zero-order chi connectivity index (χ0) is 11.2. The van der Waals surface area contributed by atoms with Crippen LogP contribution in [0.25, 0.3) is 0 Å². The molecule has 86 valence electrons. The smallest absolute Gasteiger partial charge is 0.302 e. The number of hydrogen-bond acceptors (Lipinski definition) is 3. The first-order chi connectivity index (χ1) is 6.27. The predicted molar refractivity (Wildman–Crippen MR) is 56.1 cm³/mol. The van der Waals surface area contributed by atoms with Crippen molar-refractivity contribution in [3.05, 3.63) is 0 Å². The van der Waals surface area contributed by atoms with Gasteiger partial charge in [0, 0.05) is 0 Å². The highest BCUT2D eigenvalue weighted by atomic mass is 31.2. The normalized spacial score (nSPS) is 16.6. The predicted octanol–water partition coefficient (Wildman–Crippen LogP) is 3.11. The Morgan fingerprint density at radius 1 is 1.29 bits per heavy atom. The van der Waals surface area contributed by atoms with Crippen LogP contribution in [0, 0.1) is 0 Å². The van der Waals surface area contributed by atoms with Gasteiger partial charge in [0.25, 0.3) is 0 Å². The molecule has 0 saturated heterocycles. The van der Waals surface area contributed by atoms with Crippen LogP contribution < -0.4 is 0 Å². The number of phosphoric acid groups is 1. The Labute approximate surface area is 86.2 Å². The zero-order valence-electron chi connectivity index (χ0n) is 9.45. The van der Waals surface area contributed by atoms with Crippen LogP contribution in [0.15, 0.2) is 0 Å². The van der Waals surface area contributed by atoms with Gasteiger partial charge in [-0.05, 0) is 27.2 Å². The molecule has 0 aliphatic carbocycles. The molecule has 0 radical (unpaired) electrons. The summed E-state index contributed by atoms with van der Waals surface area (Å²) in [7, 11) is -3.85. The molecule has 0 rings (SSSR count). The molecule has 0 aromatic rings. The molecular formula is C9H21O4P. The van der Waals surface area contributed by atoms with E-state index < -0.39 is 13.4 Å². The first-order valence-corrected chi connectivity index (χ1v) is 6.44. The standard InChI is InChI=1S/C9H21O4P/c1-5-6-7-8-12-14(10,11)13-9(2,3)4/h5-8H2,1-4H3,(H,10,11). The second kappa shape index (κ2) is 5.86. The van der Waals surface area contributed by atoms with Gasteiger partial charge < -0.3 is 4.89 Å². The molecule has 1 unspecified atom stereocenters. The Bertz CT molecular complexity index is 197. The Morgan fingerprint density at radius 2 is 1.86 bits per heavy atom. The van der Waals surface area contributed by atoms with Crippen molar-refractivity contribution in [2.24, 2.45) is 0 Å². The molecule has 0 spiro atoms. The lowest BCUT2D eigenvalue weighted by molar-refractivity contribution is 0.0611. The molecule has 0 amide bonds. The summed E-state index contributed by atoms with van der Waals surface area (Å²) in [6, 6.07) is 0. The van der Waals surface area contributed by atoms with Gasteiger partial charge in [0.2, 0.25) is 0 Å². The van der Waals surface area contributed by atoms with E-state index in [1.807, 2.05) is 0 Å². The Balaban J connectivity index is 3.79. The van der Waals surface area contributed by atoms with Gasteiger partial charge in [-0.2, -0.15) is 0 Å². The third kappa shape index (κ3) is 8.70. The van der Waals surface area contributed by atoms with Crippen LogP contribution in [0.1, 0.15) is 47.0 Å². The van der Waals surface area contributed by atoms with Gasteiger partial charge in [0.1, 0.15) is 0 Å². The van der Waals surface area contributed by atoms with Crippen molar-refractivity contribution in [1.29, 1.82) is 0 Å². The molecular weight excluding hydrogens is 203 g/mol. The Kier molecular flexibility index (Phi) is 5.91. The Hall–Kier alpha value is 0.110. The van der Waals surface area contributed by atoms with Gasteiger partial charge in [-0.1, -0.05) is 19.8 Å². The molecule has 1 atom stereocenters. The van der Waals surface area contributed by atoms with E-state index in [-0.39, 0.29) is 6.61 Å². The van der Waals surface area contributed by atoms with E-state index in [9.17, 15) is 9.46 Å². The monoisotopic (exact) mass is 224 g/mol. The third-order valence-electron chi connectivity index (χ3n) is 1.39. The maximum Gasteiger partial charge on any atom is 0.472 e. The van der Waals surface area contributed by atoms with Crippen molar-refractivity contribution < 1.29 is 18.5 Å². The number of hydrogen-bond donors (Lipinski definition) is 1. The quantitative estimate of drug-likeness (QED) is 0.556. The summed E-state index contributed by atoms with van der Waals surface area (Å²) < 4.78 is 21.0. The van der Waals surface area contributed by atoms with Gasteiger partial charge in [0.15, 0.2) is 0 Å². The van der Waals surface area contributed by atoms with Crippen molar-refractivity contribution in [2.45, 2.75) is 52.6 Å². The molecule has 14 heavy (non-hydrogen) atoms. The molecule has 4 nitrogen and oxygen atoms in total. The Morgan fingerprint density at radius 3 is 2.29 bits per heavy atom. The first-order valence-electron chi connectivity index (χ1n) is 4.95. The van der Waals surface area contributed by atoms with Crippen LogP contribution in [-0.2, 0) is 13.6 Å². The fraction of sp³-hybridized carbons (Fsp3) is 1.00. The van der Waals surface area contributed by atoms with Crippen LogP contribution in [0.4, 0.5) is 0 Å². The fourth-order valence-electron chi connectivity index (χ4n) is 0.904. The van der Waals surface area contributed by atoms with E-state index >= 15 is 0 Å². The van der Waals surface area contributed by atoms with Crippen LogP contribution in [0.2, 0.25) is 0 Å². The van der Waals surface area contributed by atoms with Crippen molar-refractivity contribution in [3.63, 3.8) is 0 Å². The summed E-state index contributed by atoms with van der Waals surface area (Å²) in [5, 5.41) is 0. The average Bonchev–Trinajstić information content (AvgIpc) is 1.93. The lowest BCUT2D eigenvalue weighted by atomic mass is 10.2. The molecule has 0 aliphatic rings. The van der Waals surface area contributed by atoms with E-state index in [1.165, 1.54) is 0 Å². The fourth-order valence-corrected chi connectivity index (χ4v) is 2.01. The second-order valence-electron chi connectivity index (χ2n) is 4.21. The number of rotatable bonds is 6. The molecule has 0 aliphatic heterocycles. The molecule has 5 heteroatoms. The minimum Gasteiger partial charge on any atom is -0.302 e. The van der Waals surface area contributed by atoms with Crippen LogP contribution in [-0.4, -0.2) is 17.1 Å². The second-order valence-corrected chi connectivity index (χ2v) is 5.59. The SMILES string of the molecule is CCCCCOP(=O)(O)OC(C)(C)C. The van der Waals surface area contributed by atoms with Crippen LogP contribution in [0.5, 0.6) is 0 Å². The minimum atomic E-state index is -3.85.